The number of hydrogen-bond donors (Lipinski definition) is 3. The number of para-hydroxylation sites is 2. The van der Waals surface area contributed by atoms with E-state index >= 15 is 0 Å². The van der Waals surface area contributed by atoms with E-state index in [-0.39, 0.29) is 24.8 Å². The first-order valence-corrected chi connectivity index (χ1v) is 10.6. The summed E-state index contributed by atoms with van der Waals surface area (Å²) in [6, 6.07) is 14.2. The number of hydrogen-bond acceptors (Lipinski definition) is 4. The smallest absolute Gasteiger partial charge is 0.324 e. The Balaban J connectivity index is 1.26. The number of nitrogens with one attached hydrogen (secondary N) is 3. The molecule has 4 amide bonds. The van der Waals surface area contributed by atoms with Crippen LogP contribution in [0.25, 0.3) is 10.9 Å². The molecule has 32 heavy (non-hydrogen) atoms. The van der Waals surface area contributed by atoms with Crippen LogP contribution in [-0.2, 0) is 22.4 Å². The number of aromatic nitrogens is 1. The second kappa shape index (κ2) is 9.55. The van der Waals surface area contributed by atoms with E-state index < -0.39 is 12.1 Å². The SMILES string of the molecule is COc1ccccc1CCN1C(=O)NC(CC(=O)NCCc2c[nH]c3ccccc23)C1=O. The number of ether oxygens (including phenoxy) is 1. The zero-order valence-corrected chi connectivity index (χ0v) is 17.9. The number of fused-ring (bicyclic) bond motifs is 1. The number of urea groups is 1. The number of aromatic amines is 1. The summed E-state index contributed by atoms with van der Waals surface area (Å²) in [7, 11) is 1.58. The van der Waals surface area contributed by atoms with Gasteiger partial charge in [0.1, 0.15) is 11.8 Å². The van der Waals surface area contributed by atoms with Crippen molar-refractivity contribution in [2.45, 2.75) is 25.3 Å². The van der Waals surface area contributed by atoms with E-state index in [1.165, 1.54) is 0 Å². The predicted octanol–water partition coefficient (Wildman–Crippen LogP) is 2.39. The van der Waals surface area contributed by atoms with Gasteiger partial charge in [0.15, 0.2) is 0 Å². The summed E-state index contributed by atoms with van der Waals surface area (Å²) in [5.41, 5.74) is 3.09. The maximum atomic E-state index is 12.7. The zero-order valence-electron chi connectivity index (χ0n) is 17.9. The number of amides is 4. The summed E-state index contributed by atoms with van der Waals surface area (Å²) < 4.78 is 5.32. The molecule has 1 unspecified atom stereocenters. The van der Waals surface area contributed by atoms with Crippen molar-refractivity contribution >= 4 is 28.7 Å². The van der Waals surface area contributed by atoms with Gasteiger partial charge in [-0.2, -0.15) is 0 Å². The van der Waals surface area contributed by atoms with Crippen LogP contribution in [-0.4, -0.2) is 54.0 Å². The highest BCUT2D eigenvalue weighted by atomic mass is 16.5. The lowest BCUT2D eigenvalue weighted by atomic mass is 10.1. The number of benzene rings is 2. The van der Waals surface area contributed by atoms with Crippen molar-refractivity contribution in [3.05, 3.63) is 65.9 Å². The Morgan fingerprint density at radius 2 is 1.84 bits per heavy atom. The van der Waals surface area contributed by atoms with Crippen molar-refractivity contribution in [3.8, 4) is 5.75 Å². The highest BCUT2D eigenvalue weighted by Gasteiger charge is 2.38. The van der Waals surface area contributed by atoms with Crippen LogP contribution in [0.15, 0.2) is 54.7 Å². The largest absolute Gasteiger partial charge is 0.496 e. The first-order chi connectivity index (χ1) is 15.6. The van der Waals surface area contributed by atoms with E-state index in [1.807, 2.05) is 54.7 Å². The molecule has 1 aromatic heterocycles. The van der Waals surface area contributed by atoms with Crippen LogP contribution in [0.1, 0.15) is 17.5 Å². The third-order valence-electron chi connectivity index (χ3n) is 5.69. The van der Waals surface area contributed by atoms with E-state index in [0.717, 1.165) is 26.9 Å². The summed E-state index contributed by atoms with van der Waals surface area (Å²) in [6.07, 6.45) is 3.01. The van der Waals surface area contributed by atoms with E-state index in [1.54, 1.807) is 7.11 Å². The van der Waals surface area contributed by atoms with Gasteiger partial charge in [0.25, 0.3) is 5.91 Å². The normalized spacial score (nSPS) is 15.8. The quantitative estimate of drug-likeness (QED) is 0.450. The van der Waals surface area contributed by atoms with Gasteiger partial charge in [0.2, 0.25) is 5.91 Å². The second-order valence-corrected chi connectivity index (χ2v) is 7.72. The number of methoxy groups -OCH3 is 1. The molecule has 3 aromatic rings. The van der Waals surface area contributed by atoms with Gasteiger partial charge in [-0.05, 0) is 36.1 Å². The molecule has 4 rings (SSSR count). The topological polar surface area (TPSA) is 104 Å². The Morgan fingerprint density at radius 3 is 2.69 bits per heavy atom. The zero-order chi connectivity index (χ0) is 22.5. The van der Waals surface area contributed by atoms with Gasteiger partial charge in [-0.25, -0.2) is 4.79 Å². The number of carbonyl (C=O) groups excluding carboxylic acids is 3. The maximum absolute atomic E-state index is 12.7. The summed E-state index contributed by atoms with van der Waals surface area (Å²) in [5.74, 6) is 0.0671. The van der Waals surface area contributed by atoms with Gasteiger partial charge in [-0.15, -0.1) is 0 Å². The summed E-state index contributed by atoms with van der Waals surface area (Å²) in [4.78, 5) is 41.7. The molecule has 1 aliphatic rings. The van der Waals surface area contributed by atoms with Crippen molar-refractivity contribution < 1.29 is 19.1 Å². The van der Waals surface area contributed by atoms with Crippen LogP contribution >= 0.6 is 0 Å². The molecule has 2 heterocycles. The fourth-order valence-corrected chi connectivity index (χ4v) is 4.00. The van der Waals surface area contributed by atoms with Crippen molar-refractivity contribution in [2.24, 2.45) is 0 Å². The van der Waals surface area contributed by atoms with Crippen LogP contribution in [0.4, 0.5) is 4.79 Å². The number of nitrogens with zero attached hydrogens (tertiary/aromatic N) is 1. The molecular weight excluding hydrogens is 408 g/mol. The second-order valence-electron chi connectivity index (χ2n) is 7.72. The van der Waals surface area contributed by atoms with E-state index in [4.69, 9.17) is 4.74 Å². The molecule has 0 saturated carbocycles. The number of imide groups is 1. The monoisotopic (exact) mass is 434 g/mol. The molecule has 8 nitrogen and oxygen atoms in total. The van der Waals surface area contributed by atoms with Crippen molar-refractivity contribution in [1.82, 2.24) is 20.5 Å². The molecule has 0 bridgehead atoms. The first-order valence-electron chi connectivity index (χ1n) is 10.6. The van der Waals surface area contributed by atoms with Gasteiger partial charge < -0.3 is 20.4 Å². The molecular formula is C24H26N4O4. The van der Waals surface area contributed by atoms with E-state index in [2.05, 4.69) is 15.6 Å². The molecule has 1 aliphatic heterocycles. The molecule has 2 aromatic carbocycles. The molecule has 1 saturated heterocycles. The lowest BCUT2D eigenvalue weighted by Crippen LogP contribution is -2.37. The Hall–Kier alpha value is -3.81. The third kappa shape index (κ3) is 4.59. The number of carbonyl (C=O) groups is 3. The molecule has 166 valence electrons. The highest BCUT2D eigenvalue weighted by Crippen LogP contribution is 2.20. The minimum absolute atomic E-state index is 0.0797. The molecule has 1 atom stereocenters. The predicted molar refractivity (Wildman–Crippen MR) is 120 cm³/mol. The van der Waals surface area contributed by atoms with Gasteiger partial charge in [-0.3, -0.25) is 14.5 Å². The lowest BCUT2D eigenvalue weighted by molar-refractivity contribution is -0.130. The maximum Gasteiger partial charge on any atom is 0.324 e. The van der Waals surface area contributed by atoms with Crippen molar-refractivity contribution in [3.63, 3.8) is 0 Å². The molecule has 0 aliphatic carbocycles. The lowest BCUT2D eigenvalue weighted by Gasteiger charge is -2.14. The molecule has 0 radical (unpaired) electrons. The Labute approximate surface area is 185 Å². The molecule has 8 heteroatoms. The van der Waals surface area contributed by atoms with Gasteiger partial charge >= 0.3 is 6.03 Å². The fourth-order valence-electron chi connectivity index (χ4n) is 4.00. The van der Waals surface area contributed by atoms with E-state index in [0.29, 0.717) is 25.1 Å². The minimum atomic E-state index is -0.840. The Bertz CT molecular complexity index is 1140. The van der Waals surface area contributed by atoms with Crippen LogP contribution in [0, 0.1) is 0 Å². The molecule has 1 fully saturated rings. The number of H-pyrrole nitrogens is 1. The average molecular weight is 434 g/mol. The van der Waals surface area contributed by atoms with Gasteiger partial charge in [-0.1, -0.05) is 36.4 Å². The fraction of sp³-hybridized carbons (Fsp3) is 0.292. The van der Waals surface area contributed by atoms with Gasteiger partial charge in [0.05, 0.1) is 13.5 Å². The van der Waals surface area contributed by atoms with Crippen molar-refractivity contribution in [1.29, 1.82) is 0 Å². The highest BCUT2D eigenvalue weighted by molar-refractivity contribution is 6.05. The number of rotatable bonds is 9. The summed E-state index contributed by atoms with van der Waals surface area (Å²) >= 11 is 0. The minimum Gasteiger partial charge on any atom is -0.496 e. The van der Waals surface area contributed by atoms with Crippen molar-refractivity contribution in [2.75, 3.05) is 20.2 Å². The molecule has 0 spiro atoms. The Morgan fingerprint density at radius 1 is 1.06 bits per heavy atom. The average Bonchev–Trinajstić information content (AvgIpc) is 3.33. The first kappa shape index (κ1) is 21.4. The standard InChI is InChI=1S/C24H26N4O4/c1-32-21-9-5-2-6-16(21)11-13-28-23(30)20(27-24(28)31)14-22(29)25-12-10-17-15-26-19-8-4-3-7-18(17)19/h2-9,15,20,26H,10-14H2,1H3,(H,25,29)(H,27,31). The van der Waals surface area contributed by atoms with Crippen LogP contribution in [0.2, 0.25) is 0 Å². The third-order valence-corrected chi connectivity index (χ3v) is 5.69. The van der Waals surface area contributed by atoms with Crippen LogP contribution < -0.4 is 15.4 Å². The van der Waals surface area contributed by atoms with Crippen LogP contribution in [0.5, 0.6) is 5.75 Å². The Kier molecular flexibility index (Phi) is 6.39. The van der Waals surface area contributed by atoms with Crippen LogP contribution in [0.3, 0.4) is 0 Å². The summed E-state index contributed by atoms with van der Waals surface area (Å²) in [5, 5.41) is 6.59. The van der Waals surface area contributed by atoms with Gasteiger partial charge in [0, 0.05) is 30.2 Å². The summed E-state index contributed by atoms with van der Waals surface area (Å²) in [6.45, 7) is 0.677. The van der Waals surface area contributed by atoms with E-state index in [9.17, 15) is 14.4 Å². The molecule has 3 N–H and O–H groups in total.